The summed E-state index contributed by atoms with van der Waals surface area (Å²) < 4.78 is 0. The highest BCUT2D eigenvalue weighted by molar-refractivity contribution is 4.90. The smallest absolute Gasteiger partial charge is 0.0223 e. The Morgan fingerprint density at radius 1 is 1.23 bits per heavy atom. The van der Waals surface area contributed by atoms with Crippen LogP contribution in [0.1, 0.15) is 32.6 Å². The number of likely N-dealkylation sites (N-methyl/N-ethyl adjacent to an activating group) is 1. The molecule has 1 saturated heterocycles. The van der Waals surface area contributed by atoms with Crippen molar-refractivity contribution in [2.24, 2.45) is 0 Å². The van der Waals surface area contributed by atoms with Crippen LogP contribution in [0.2, 0.25) is 0 Å². The molecule has 0 aromatic rings. The van der Waals surface area contributed by atoms with Crippen molar-refractivity contribution in [3.05, 3.63) is 0 Å². The van der Waals surface area contributed by atoms with E-state index in [0.717, 1.165) is 12.1 Å². The van der Waals surface area contributed by atoms with E-state index >= 15 is 0 Å². The molecule has 0 unspecified atom stereocenters. The zero-order valence-corrected chi connectivity index (χ0v) is 9.00. The maximum absolute atomic E-state index is 2.77. The van der Waals surface area contributed by atoms with Crippen molar-refractivity contribution in [2.75, 3.05) is 26.7 Å². The monoisotopic (exact) mass is 182 g/mol. The molecule has 0 radical (unpaired) electrons. The molecule has 13 heavy (non-hydrogen) atoms. The van der Waals surface area contributed by atoms with Gasteiger partial charge in [-0.3, -0.25) is 4.90 Å². The van der Waals surface area contributed by atoms with Crippen molar-refractivity contribution < 1.29 is 0 Å². The molecule has 1 aliphatic carbocycles. The molecule has 0 amide bonds. The fraction of sp³-hybridized carbons (Fsp3) is 1.00. The fourth-order valence-electron chi connectivity index (χ4n) is 2.51. The topological polar surface area (TPSA) is 6.48 Å². The van der Waals surface area contributed by atoms with Crippen molar-refractivity contribution in [2.45, 2.75) is 44.7 Å². The van der Waals surface area contributed by atoms with Crippen molar-refractivity contribution in [1.82, 2.24) is 9.80 Å². The van der Waals surface area contributed by atoms with Gasteiger partial charge in [0.05, 0.1) is 0 Å². The Morgan fingerprint density at radius 3 is 2.62 bits per heavy atom. The third kappa shape index (κ3) is 2.23. The van der Waals surface area contributed by atoms with Crippen LogP contribution >= 0.6 is 0 Å². The van der Waals surface area contributed by atoms with E-state index in [9.17, 15) is 0 Å². The molecule has 1 saturated carbocycles. The maximum atomic E-state index is 2.77. The molecule has 1 atom stereocenters. The summed E-state index contributed by atoms with van der Waals surface area (Å²) in [6, 6.07) is 1.79. The number of nitrogens with zero attached hydrogens (tertiary/aromatic N) is 2. The van der Waals surface area contributed by atoms with Crippen LogP contribution in [0.3, 0.4) is 0 Å². The van der Waals surface area contributed by atoms with Gasteiger partial charge in [-0.05, 0) is 45.8 Å². The van der Waals surface area contributed by atoms with Gasteiger partial charge in [-0.1, -0.05) is 6.92 Å². The number of hydrogen-bond acceptors (Lipinski definition) is 2. The highest BCUT2D eigenvalue weighted by atomic mass is 15.3. The molecule has 2 fully saturated rings. The van der Waals surface area contributed by atoms with Crippen LogP contribution in [-0.2, 0) is 0 Å². The summed E-state index contributed by atoms with van der Waals surface area (Å²) in [6.45, 7) is 6.25. The van der Waals surface area contributed by atoms with E-state index in [1.807, 2.05) is 0 Å². The molecule has 2 rings (SSSR count). The normalized spacial score (nSPS) is 33.2. The minimum absolute atomic E-state index is 0.833. The predicted molar refractivity (Wildman–Crippen MR) is 55.9 cm³/mol. The summed E-state index contributed by atoms with van der Waals surface area (Å²) in [5.74, 6) is 0. The Balaban J connectivity index is 1.97. The van der Waals surface area contributed by atoms with Crippen LogP contribution in [0, 0.1) is 0 Å². The first-order chi connectivity index (χ1) is 6.31. The first-order valence-electron chi connectivity index (χ1n) is 5.75. The van der Waals surface area contributed by atoms with Gasteiger partial charge in [0.15, 0.2) is 0 Å². The molecule has 2 nitrogen and oxygen atoms in total. The van der Waals surface area contributed by atoms with Crippen LogP contribution < -0.4 is 0 Å². The van der Waals surface area contributed by atoms with Crippen LogP contribution in [-0.4, -0.2) is 48.6 Å². The van der Waals surface area contributed by atoms with Gasteiger partial charge in [0.25, 0.3) is 0 Å². The number of rotatable bonds is 2. The summed E-state index contributed by atoms with van der Waals surface area (Å²) in [6.07, 6.45) is 5.60. The lowest BCUT2D eigenvalue weighted by molar-refractivity contribution is 0.175. The largest absolute Gasteiger partial charge is 0.305 e. The van der Waals surface area contributed by atoms with Gasteiger partial charge in [0.2, 0.25) is 0 Å². The molecule has 1 heterocycles. The third-order valence-electron chi connectivity index (χ3n) is 3.43. The van der Waals surface area contributed by atoms with E-state index in [0.29, 0.717) is 0 Å². The molecule has 0 aromatic carbocycles. The van der Waals surface area contributed by atoms with E-state index in [1.54, 1.807) is 0 Å². The molecule has 1 aliphatic heterocycles. The molecular weight excluding hydrogens is 160 g/mol. The molecule has 0 aromatic heterocycles. The minimum atomic E-state index is 0.833. The molecular formula is C11H22N2. The third-order valence-corrected chi connectivity index (χ3v) is 3.43. The lowest BCUT2D eigenvalue weighted by Crippen LogP contribution is -2.40. The van der Waals surface area contributed by atoms with E-state index in [2.05, 4.69) is 23.8 Å². The second-order valence-electron chi connectivity index (χ2n) is 4.65. The van der Waals surface area contributed by atoms with Crippen molar-refractivity contribution in [3.63, 3.8) is 0 Å². The Morgan fingerprint density at radius 2 is 2.00 bits per heavy atom. The fourth-order valence-corrected chi connectivity index (χ4v) is 2.51. The van der Waals surface area contributed by atoms with Crippen molar-refractivity contribution in [3.8, 4) is 0 Å². The zero-order chi connectivity index (χ0) is 9.26. The molecule has 76 valence electrons. The van der Waals surface area contributed by atoms with E-state index in [1.165, 1.54) is 45.3 Å². The molecule has 0 bridgehead atoms. The number of hydrogen-bond donors (Lipinski definition) is 0. The average Bonchev–Trinajstić information content (AvgIpc) is 2.89. The first kappa shape index (κ1) is 9.47. The summed E-state index contributed by atoms with van der Waals surface area (Å²) in [5, 5.41) is 0. The Hall–Kier alpha value is -0.0800. The van der Waals surface area contributed by atoms with Gasteiger partial charge < -0.3 is 4.90 Å². The van der Waals surface area contributed by atoms with Gasteiger partial charge in [-0.15, -0.1) is 0 Å². The zero-order valence-electron chi connectivity index (χ0n) is 9.00. The summed E-state index contributed by atoms with van der Waals surface area (Å²) in [5.41, 5.74) is 0. The van der Waals surface area contributed by atoms with Gasteiger partial charge in [0, 0.05) is 18.6 Å². The molecule has 2 aliphatic rings. The Labute approximate surface area is 81.9 Å². The highest BCUT2D eigenvalue weighted by Gasteiger charge is 2.34. The van der Waals surface area contributed by atoms with E-state index < -0.39 is 0 Å². The summed E-state index contributed by atoms with van der Waals surface area (Å²) in [4.78, 5) is 5.26. The van der Waals surface area contributed by atoms with Crippen molar-refractivity contribution >= 4 is 0 Å². The van der Waals surface area contributed by atoms with Gasteiger partial charge in [-0.2, -0.15) is 0 Å². The van der Waals surface area contributed by atoms with Gasteiger partial charge in [0.1, 0.15) is 0 Å². The molecule has 2 heteroatoms. The predicted octanol–water partition coefficient (Wildman–Crippen LogP) is 1.56. The molecule has 0 N–H and O–H groups in total. The summed E-state index contributed by atoms with van der Waals surface area (Å²) >= 11 is 0. The summed E-state index contributed by atoms with van der Waals surface area (Å²) in [7, 11) is 2.26. The minimum Gasteiger partial charge on any atom is -0.305 e. The first-order valence-corrected chi connectivity index (χ1v) is 5.75. The van der Waals surface area contributed by atoms with Crippen LogP contribution in [0.15, 0.2) is 0 Å². The Kier molecular flexibility index (Phi) is 2.89. The second kappa shape index (κ2) is 3.97. The van der Waals surface area contributed by atoms with Gasteiger partial charge >= 0.3 is 0 Å². The van der Waals surface area contributed by atoms with E-state index in [4.69, 9.17) is 0 Å². The lowest BCUT2D eigenvalue weighted by Gasteiger charge is -2.29. The van der Waals surface area contributed by atoms with Crippen LogP contribution in [0.4, 0.5) is 0 Å². The second-order valence-corrected chi connectivity index (χ2v) is 4.65. The maximum Gasteiger partial charge on any atom is 0.0223 e. The Bertz CT molecular complexity index is 165. The highest BCUT2D eigenvalue weighted by Crippen LogP contribution is 2.30. The van der Waals surface area contributed by atoms with Crippen LogP contribution in [0.25, 0.3) is 0 Å². The van der Waals surface area contributed by atoms with Gasteiger partial charge in [-0.25, -0.2) is 0 Å². The lowest BCUT2D eigenvalue weighted by atomic mass is 10.2. The average molecular weight is 182 g/mol. The van der Waals surface area contributed by atoms with Crippen LogP contribution in [0.5, 0.6) is 0 Å². The standard InChI is InChI=1S/C11H22N2/c1-3-10-9-12(2)7-4-8-13(10)11-5-6-11/h10-11H,3-9H2,1-2H3/t10-/m1/s1. The molecule has 0 spiro atoms. The quantitative estimate of drug-likeness (QED) is 0.639. The van der Waals surface area contributed by atoms with Crippen molar-refractivity contribution in [1.29, 1.82) is 0 Å². The SMILES string of the molecule is CC[C@@H]1CN(C)CCCN1C1CC1. The van der Waals surface area contributed by atoms with E-state index in [-0.39, 0.29) is 0 Å².